The van der Waals surface area contributed by atoms with E-state index in [4.69, 9.17) is 9.47 Å². The largest absolute Gasteiger partial charge is 0.497 e. The average Bonchev–Trinajstić information content (AvgIpc) is 3.32. The van der Waals surface area contributed by atoms with Gasteiger partial charge in [0.15, 0.2) is 0 Å². The second kappa shape index (κ2) is 10.6. The summed E-state index contributed by atoms with van der Waals surface area (Å²) in [6, 6.07) is 10.1. The molecule has 1 aliphatic rings. The zero-order valence-electron chi connectivity index (χ0n) is 19.0. The fourth-order valence-corrected chi connectivity index (χ4v) is 4.94. The van der Waals surface area contributed by atoms with Crippen LogP contribution in [0.15, 0.2) is 47.4 Å². The summed E-state index contributed by atoms with van der Waals surface area (Å²) in [5.41, 5.74) is 0.669. The monoisotopic (exact) mass is 475 g/mol. The van der Waals surface area contributed by atoms with E-state index in [9.17, 15) is 18.0 Å². The summed E-state index contributed by atoms with van der Waals surface area (Å²) in [7, 11) is -1.14. The van der Waals surface area contributed by atoms with E-state index in [-0.39, 0.29) is 28.1 Å². The van der Waals surface area contributed by atoms with Crippen LogP contribution >= 0.6 is 0 Å². The van der Waals surface area contributed by atoms with Crippen LogP contribution in [0.4, 0.5) is 5.69 Å². The maximum Gasteiger partial charge on any atom is 0.265 e. The summed E-state index contributed by atoms with van der Waals surface area (Å²) in [5.74, 6) is 0.157. The molecule has 2 N–H and O–H groups in total. The predicted molar refractivity (Wildman–Crippen MR) is 124 cm³/mol. The molecular formula is C23H29N3O6S. The van der Waals surface area contributed by atoms with Gasteiger partial charge in [-0.05, 0) is 55.7 Å². The number of hydrogen-bond donors (Lipinski definition) is 2. The highest BCUT2D eigenvalue weighted by molar-refractivity contribution is 7.92. The van der Waals surface area contributed by atoms with Gasteiger partial charge < -0.3 is 19.7 Å². The average molecular weight is 476 g/mol. The second-order valence-electron chi connectivity index (χ2n) is 7.65. The molecule has 3 rings (SSSR count). The molecule has 0 bridgehead atoms. The second-order valence-corrected chi connectivity index (χ2v) is 9.30. The Kier molecular flexibility index (Phi) is 7.80. The van der Waals surface area contributed by atoms with Crippen LogP contribution in [0.5, 0.6) is 11.5 Å². The lowest BCUT2D eigenvalue weighted by atomic mass is 10.1. The van der Waals surface area contributed by atoms with Crippen LogP contribution in [0.25, 0.3) is 0 Å². The van der Waals surface area contributed by atoms with Crippen molar-refractivity contribution in [1.82, 2.24) is 10.2 Å². The number of ether oxygens (including phenoxy) is 2. The third-order valence-electron chi connectivity index (χ3n) is 5.41. The molecule has 0 radical (unpaired) electrons. The van der Waals surface area contributed by atoms with E-state index < -0.39 is 16.1 Å². The summed E-state index contributed by atoms with van der Waals surface area (Å²) < 4.78 is 38.6. The Labute approximate surface area is 194 Å². The van der Waals surface area contributed by atoms with E-state index in [2.05, 4.69) is 10.0 Å². The molecule has 2 aromatic rings. The van der Waals surface area contributed by atoms with Gasteiger partial charge in [-0.1, -0.05) is 6.92 Å². The van der Waals surface area contributed by atoms with Crippen molar-refractivity contribution in [3.05, 3.63) is 48.0 Å². The SMILES string of the molecule is CCCNC(=O)C1CCCN1C(=O)c1ccc(NS(=O)(=O)c2cc(OC)ccc2OC)cc1. The fraction of sp³-hybridized carbons (Fsp3) is 0.391. The highest BCUT2D eigenvalue weighted by Gasteiger charge is 2.34. The molecule has 1 heterocycles. The molecule has 10 heteroatoms. The van der Waals surface area contributed by atoms with E-state index in [0.29, 0.717) is 30.8 Å². The van der Waals surface area contributed by atoms with Crippen molar-refractivity contribution in [3.8, 4) is 11.5 Å². The van der Waals surface area contributed by atoms with Gasteiger partial charge in [-0.25, -0.2) is 8.42 Å². The standard InChI is InChI=1S/C23H29N3O6S/c1-4-13-24-22(27)19-6-5-14-26(19)23(28)16-7-9-17(10-8-16)25-33(29,30)21-15-18(31-2)11-12-20(21)32-3/h7-12,15,19,25H,4-6,13-14H2,1-3H3,(H,24,27). The minimum Gasteiger partial charge on any atom is -0.497 e. The number of carbonyl (C=O) groups excluding carboxylic acids is 2. The zero-order chi connectivity index (χ0) is 24.0. The Balaban J connectivity index is 1.75. The van der Waals surface area contributed by atoms with E-state index in [1.807, 2.05) is 6.92 Å². The Morgan fingerprint density at radius 3 is 2.45 bits per heavy atom. The van der Waals surface area contributed by atoms with Crippen molar-refractivity contribution in [2.75, 3.05) is 32.0 Å². The lowest BCUT2D eigenvalue weighted by Crippen LogP contribution is -2.46. The van der Waals surface area contributed by atoms with Crippen molar-refractivity contribution in [3.63, 3.8) is 0 Å². The summed E-state index contributed by atoms with van der Waals surface area (Å²) in [6.45, 7) is 3.05. The van der Waals surface area contributed by atoms with E-state index in [0.717, 1.165) is 12.8 Å². The molecule has 1 atom stereocenters. The van der Waals surface area contributed by atoms with Gasteiger partial charge in [0.05, 0.1) is 14.2 Å². The minimum atomic E-state index is -3.97. The van der Waals surface area contributed by atoms with Crippen LogP contribution in [0.2, 0.25) is 0 Å². The summed E-state index contributed by atoms with van der Waals surface area (Å²) in [5, 5.41) is 2.85. The molecule has 1 aliphatic heterocycles. The molecule has 0 saturated carbocycles. The Hall–Kier alpha value is -3.27. The molecule has 0 aliphatic carbocycles. The first-order chi connectivity index (χ1) is 15.8. The van der Waals surface area contributed by atoms with Gasteiger partial charge in [0.25, 0.3) is 15.9 Å². The van der Waals surface area contributed by atoms with Crippen LogP contribution < -0.4 is 19.5 Å². The number of benzene rings is 2. The summed E-state index contributed by atoms with van der Waals surface area (Å²) in [4.78, 5) is 26.9. The van der Waals surface area contributed by atoms with Crippen molar-refractivity contribution in [1.29, 1.82) is 0 Å². The molecule has 1 unspecified atom stereocenters. The van der Waals surface area contributed by atoms with Gasteiger partial charge >= 0.3 is 0 Å². The van der Waals surface area contributed by atoms with Gasteiger partial charge in [-0.3, -0.25) is 14.3 Å². The predicted octanol–water partition coefficient (Wildman–Crippen LogP) is 2.64. The van der Waals surface area contributed by atoms with E-state index >= 15 is 0 Å². The van der Waals surface area contributed by atoms with Crippen LogP contribution in [0.3, 0.4) is 0 Å². The van der Waals surface area contributed by atoms with Crippen molar-refractivity contribution < 1.29 is 27.5 Å². The molecule has 0 spiro atoms. The number of carbonyl (C=O) groups is 2. The van der Waals surface area contributed by atoms with Gasteiger partial charge in [0, 0.05) is 30.4 Å². The molecule has 33 heavy (non-hydrogen) atoms. The maximum atomic E-state index is 13.0. The number of sulfonamides is 1. The molecule has 1 saturated heterocycles. The van der Waals surface area contributed by atoms with Crippen LogP contribution in [-0.2, 0) is 14.8 Å². The van der Waals surface area contributed by atoms with Gasteiger partial charge in [-0.15, -0.1) is 0 Å². The van der Waals surface area contributed by atoms with E-state index in [1.54, 1.807) is 23.1 Å². The number of likely N-dealkylation sites (tertiary alicyclic amines) is 1. The van der Waals surface area contributed by atoms with Gasteiger partial charge in [0.1, 0.15) is 22.4 Å². The number of methoxy groups -OCH3 is 2. The Bertz CT molecular complexity index is 1100. The van der Waals surface area contributed by atoms with Crippen molar-refractivity contribution in [2.24, 2.45) is 0 Å². The number of anilines is 1. The fourth-order valence-electron chi connectivity index (χ4n) is 3.70. The molecule has 2 amide bonds. The van der Waals surface area contributed by atoms with Gasteiger partial charge in [-0.2, -0.15) is 0 Å². The summed E-state index contributed by atoms with van der Waals surface area (Å²) in [6.07, 6.45) is 2.21. The third kappa shape index (κ3) is 5.57. The topological polar surface area (TPSA) is 114 Å². The number of nitrogens with zero attached hydrogens (tertiary/aromatic N) is 1. The molecule has 9 nitrogen and oxygen atoms in total. The van der Waals surface area contributed by atoms with Crippen LogP contribution in [-0.4, -0.2) is 58.5 Å². The highest BCUT2D eigenvalue weighted by atomic mass is 32.2. The molecular weight excluding hydrogens is 446 g/mol. The normalized spacial score (nSPS) is 15.7. The Morgan fingerprint density at radius 2 is 1.82 bits per heavy atom. The maximum absolute atomic E-state index is 13.0. The summed E-state index contributed by atoms with van der Waals surface area (Å²) >= 11 is 0. The lowest BCUT2D eigenvalue weighted by molar-refractivity contribution is -0.124. The van der Waals surface area contributed by atoms with Crippen molar-refractivity contribution in [2.45, 2.75) is 37.1 Å². The smallest absolute Gasteiger partial charge is 0.265 e. The first-order valence-electron chi connectivity index (χ1n) is 10.7. The minimum absolute atomic E-state index is 0.0671. The molecule has 2 aromatic carbocycles. The third-order valence-corrected chi connectivity index (χ3v) is 6.81. The first-order valence-corrected chi connectivity index (χ1v) is 12.2. The lowest BCUT2D eigenvalue weighted by Gasteiger charge is -2.24. The van der Waals surface area contributed by atoms with E-state index in [1.165, 1.54) is 38.5 Å². The first kappa shape index (κ1) is 24.4. The number of rotatable bonds is 9. The molecule has 0 aromatic heterocycles. The highest BCUT2D eigenvalue weighted by Crippen LogP contribution is 2.30. The number of hydrogen-bond acceptors (Lipinski definition) is 6. The van der Waals surface area contributed by atoms with Crippen molar-refractivity contribution >= 4 is 27.5 Å². The molecule has 178 valence electrons. The zero-order valence-corrected chi connectivity index (χ0v) is 19.8. The number of amides is 2. The Morgan fingerprint density at radius 1 is 1.09 bits per heavy atom. The van der Waals surface area contributed by atoms with Crippen LogP contribution in [0.1, 0.15) is 36.5 Å². The van der Waals surface area contributed by atoms with Gasteiger partial charge in [0.2, 0.25) is 5.91 Å². The number of nitrogens with one attached hydrogen (secondary N) is 2. The quantitative estimate of drug-likeness (QED) is 0.576. The van der Waals surface area contributed by atoms with Crippen LogP contribution in [0, 0.1) is 0 Å². The molecule has 1 fully saturated rings.